The van der Waals surface area contributed by atoms with Crippen molar-refractivity contribution < 1.29 is 18.0 Å². The molecule has 0 bridgehead atoms. The summed E-state index contributed by atoms with van der Waals surface area (Å²) in [5.41, 5.74) is 0.933. The highest BCUT2D eigenvalue weighted by molar-refractivity contribution is 7.13. The van der Waals surface area contributed by atoms with Crippen LogP contribution in [0.2, 0.25) is 0 Å². The van der Waals surface area contributed by atoms with Crippen LogP contribution in [-0.4, -0.2) is 51.7 Å². The number of amides is 1. The number of rotatable bonds is 3. The van der Waals surface area contributed by atoms with E-state index in [1.807, 2.05) is 6.92 Å². The number of alkyl halides is 3. The third kappa shape index (κ3) is 4.03. The molecule has 0 saturated carbocycles. The Labute approximate surface area is 168 Å². The highest BCUT2D eigenvalue weighted by atomic mass is 32.1. The number of benzene rings is 1. The summed E-state index contributed by atoms with van der Waals surface area (Å²) in [4.78, 5) is 18.9. The van der Waals surface area contributed by atoms with Crippen LogP contribution in [0.4, 0.5) is 13.2 Å². The fourth-order valence-electron chi connectivity index (χ4n) is 3.29. The van der Waals surface area contributed by atoms with Gasteiger partial charge in [0.15, 0.2) is 0 Å². The number of aromatic nitrogens is 3. The summed E-state index contributed by atoms with van der Waals surface area (Å²) in [6.07, 6.45) is -2.92. The smallest absolute Gasteiger partial charge is 0.334 e. The number of carbonyl (C=O) groups is 1. The molecule has 1 aromatic carbocycles. The monoisotopic (exact) mass is 421 g/mol. The molecule has 29 heavy (non-hydrogen) atoms. The number of carbonyl (C=O) groups excluding carboxylic acids is 1. The molecule has 6 nitrogen and oxygen atoms in total. The van der Waals surface area contributed by atoms with Gasteiger partial charge >= 0.3 is 6.18 Å². The lowest BCUT2D eigenvalue weighted by Gasteiger charge is -2.31. The quantitative estimate of drug-likeness (QED) is 0.677. The summed E-state index contributed by atoms with van der Waals surface area (Å²) in [5, 5.41) is 12.2. The first-order valence-electron chi connectivity index (χ1n) is 9.02. The van der Waals surface area contributed by atoms with E-state index in [1.54, 1.807) is 16.3 Å². The van der Waals surface area contributed by atoms with Gasteiger partial charge in [0, 0.05) is 36.6 Å². The molecule has 4 rings (SSSR count). The van der Waals surface area contributed by atoms with Gasteiger partial charge < -0.3 is 10.2 Å². The number of piperazine rings is 1. The molecule has 1 atom stereocenters. The van der Waals surface area contributed by atoms with Gasteiger partial charge in [-0.15, -0.1) is 11.3 Å². The van der Waals surface area contributed by atoms with Crippen molar-refractivity contribution in [3.63, 3.8) is 0 Å². The maximum absolute atomic E-state index is 13.0. The van der Waals surface area contributed by atoms with Crippen molar-refractivity contribution in [1.82, 2.24) is 25.4 Å². The number of aromatic amines is 1. The van der Waals surface area contributed by atoms with Gasteiger partial charge in [0.2, 0.25) is 0 Å². The predicted molar refractivity (Wildman–Crippen MR) is 104 cm³/mol. The third-order valence-electron chi connectivity index (χ3n) is 4.73. The summed E-state index contributed by atoms with van der Waals surface area (Å²) in [7, 11) is 0. The Morgan fingerprint density at radius 1 is 1.34 bits per heavy atom. The van der Waals surface area contributed by atoms with Crippen molar-refractivity contribution in [2.24, 2.45) is 0 Å². The molecule has 3 aromatic rings. The van der Waals surface area contributed by atoms with Crippen LogP contribution in [0.1, 0.15) is 23.0 Å². The van der Waals surface area contributed by atoms with Crippen molar-refractivity contribution >= 4 is 17.2 Å². The van der Waals surface area contributed by atoms with Crippen LogP contribution in [0, 0.1) is 0 Å². The average Bonchev–Trinajstić information content (AvgIpc) is 3.36. The molecule has 1 aliphatic rings. The Kier molecular flexibility index (Phi) is 5.13. The fraction of sp³-hybridized carbons (Fsp3) is 0.316. The highest BCUT2D eigenvalue weighted by Crippen LogP contribution is 2.36. The van der Waals surface area contributed by atoms with Crippen LogP contribution in [0.5, 0.6) is 0 Å². The van der Waals surface area contributed by atoms with Crippen LogP contribution in [0.3, 0.4) is 0 Å². The summed E-state index contributed by atoms with van der Waals surface area (Å²) in [6, 6.07) is 5.23. The Morgan fingerprint density at radius 2 is 2.17 bits per heavy atom. The molecule has 10 heteroatoms. The molecule has 1 aliphatic heterocycles. The predicted octanol–water partition coefficient (Wildman–Crippen LogP) is 3.65. The average molecular weight is 421 g/mol. The maximum atomic E-state index is 13.0. The molecule has 152 valence electrons. The molecular formula is C19H18F3N5OS. The van der Waals surface area contributed by atoms with Gasteiger partial charge in [0.05, 0.1) is 23.0 Å². The Hall–Kier alpha value is -2.72. The topological polar surface area (TPSA) is 73.9 Å². The molecule has 1 saturated heterocycles. The van der Waals surface area contributed by atoms with E-state index in [0.29, 0.717) is 40.6 Å². The molecule has 1 fully saturated rings. The molecule has 0 radical (unpaired) electrons. The summed E-state index contributed by atoms with van der Waals surface area (Å²) >= 11 is 1.26. The van der Waals surface area contributed by atoms with E-state index < -0.39 is 11.7 Å². The van der Waals surface area contributed by atoms with E-state index >= 15 is 0 Å². The second-order valence-electron chi connectivity index (χ2n) is 6.88. The lowest BCUT2D eigenvalue weighted by Crippen LogP contribution is -2.51. The van der Waals surface area contributed by atoms with Gasteiger partial charge in [-0.3, -0.25) is 9.89 Å². The molecule has 0 spiro atoms. The Balaban J connectivity index is 1.62. The van der Waals surface area contributed by atoms with Crippen LogP contribution in [0.25, 0.3) is 21.8 Å². The molecule has 0 unspecified atom stereocenters. The minimum absolute atomic E-state index is 0.148. The van der Waals surface area contributed by atoms with E-state index in [4.69, 9.17) is 0 Å². The minimum atomic E-state index is -4.43. The molecule has 2 N–H and O–H groups in total. The van der Waals surface area contributed by atoms with Crippen molar-refractivity contribution in [2.45, 2.75) is 19.1 Å². The summed E-state index contributed by atoms with van der Waals surface area (Å²) < 4.78 is 39.1. The number of halogens is 3. The molecule has 3 heterocycles. The molecule has 2 aromatic heterocycles. The first kappa shape index (κ1) is 19.6. The van der Waals surface area contributed by atoms with Crippen molar-refractivity contribution in [3.05, 3.63) is 47.1 Å². The normalized spacial score (nSPS) is 17.5. The van der Waals surface area contributed by atoms with E-state index in [2.05, 4.69) is 20.5 Å². The number of H-pyrrole nitrogens is 1. The third-order valence-corrected chi connectivity index (χ3v) is 5.60. The van der Waals surface area contributed by atoms with E-state index in [-0.39, 0.29) is 11.9 Å². The lowest BCUT2D eigenvalue weighted by molar-refractivity contribution is -0.137. The van der Waals surface area contributed by atoms with Gasteiger partial charge in [0.25, 0.3) is 5.91 Å². The number of hydrogen-bond acceptors (Lipinski definition) is 5. The van der Waals surface area contributed by atoms with Crippen molar-refractivity contribution in [2.75, 3.05) is 19.6 Å². The number of hydrogen-bond donors (Lipinski definition) is 2. The number of nitrogens with one attached hydrogen (secondary N) is 2. The first-order valence-corrected chi connectivity index (χ1v) is 9.90. The second-order valence-corrected chi connectivity index (χ2v) is 7.74. The van der Waals surface area contributed by atoms with Crippen LogP contribution in [0.15, 0.2) is 35.8 Å². The van der Waals surface area contributed by atoms with Gasteiger partial charge in [0.1, 0.15) is 10.7 Å². The van der Waals surface area contributed by atoms with Crippen LogP contribution >= 0.6 is 11.3 Å². The van der Waals surface area contributed by atoms with Gasteiger partial charge in [-0.2, -0.15) is 18.3 Å². The SMILES string of the molecule is C[C@H]1CN(C(=O)c2csc(-c3cn[nH]c3-c3cccc(C(F)(F)F)c3)n2)CCN1. The zero-order valence-corrected chi connectivity index (χ0v) is 16.3. The Bertz CT molecular complexity index is 1030. The summed E-state index contributed by atoms with van der Waals surface area (Å²) in [6.45, 7) is 3.95. The molecule has 1 amide bonds. The van der Waals surface area contributed by atoms with Crippen molar-refractivity contribution in [1.29, 1.82) is 0 Å². The van der Waals surface area contributed by atoms with Gasteiger partial charge in [-0.1, -0.05) is 12.1 Å². The maximum Gasteiger partial charge on any atom is 0.416 e. The minimum Gasteiger partial charge on any atom is -0.334 e. The van der Waals surface area contributed by atoms with Crippen molar-refractivity contribution in [3.8, 4) is 21.8 Å². The first-order chi connectivity index (χ1) is 13.8. The molecular weight excluding hydrogens is 403 g/mol. The molecule has 0 aliphatic carbocycles. The number of nitrogens with zero attached hydrogens (tertiary/aromatic N) is 3. The fourth-order valence-corrected chi connectivity index (χ4v) is 4.10. The van der Waals surface area contributed by atoms with E-state index in [1.165, 1.54) is 23.6 Å². The number of thiazole rings is 1. The van der Waals surface area contributed by atoms with E-state index in [9.17, 15) is 18.0 Å². The van der Waals surface area contributed by atoms with Gasteiger partial charge in [-0.05, 0) is 19.1 Å². The Morgan fingerprint density at radius 3 is 2.93 bits per heavy atom. The van der Waals surface area contributed by atoms with Gasteiger partial charge in [-0.25, -0.2) is 4.98 Å². The zero-order chi connectivity index (χ0) is 20.6. The van der Waals surface area contributed by atoms with E-state index in [0.717, 1.165) is 18.7 Å². The zero-order valence-electron chi connectivity index (χ0n) is 15.5. The standard InChI is InChI=1S/C19H18F3N5OS/c1-11-9-27(6-5-23-11)18(28)15-10-29-17(25-15)14-8-24-26-16(14)12-3-2-4-13(7-12)19(20,21)22/h2-4,7-8,10-11,23H,5-6,9H2,1H3,(H,24,26)/t11-/m0/s1. The summed E-state index contributed by atoms with van der Waals surface area (Å²) in [5.74, 6) is -0.148. The van der Waals surface area contributed by atoms with Crippen LogP contribution < -0.4 is 5.32 Å². The van der Waals surface area contributed by atoms with Crippen LogP contribution in [-0.2, 0) is 6.18 Å². The largest absolute Gasteiger partial charge is 0.416 e. The highest BCUT2D eigenvalue weighted by Gasteiger charge is 2.31. The lowest BCUT2D eigenvalue weighted by atomic mass is 10.1. The second kappa shape index (κ2) is 7.60.